The topological polar surface area (TPSA) is 77.8 Å². The van der Waals surface area contributed by atoms with E-state index in [0.717, 1.165) is 12.1 Å². The number of hydrogen-bond donors (Lipinski definition) is 3. The average Bonchev–Trinajstić information content (AvgIpc) is 2.30. The predicted octanol–water partition coefficient (Wildman–Crippen LogP) is 0.954. The Kier molecular flexibility index (Phi) is 3.22. The molecule has 0 aliphatic rings. The van der Waals surface area contributed by atoms with Gasteiger partial charge in [0.25, 0.3) is 5.56 Å². The van der Waals surface area contributed by atoms with Crippen molar-refractivity contribution in [3.8, 4) is 0 Å². The Labute approximate surface area is 99.5 Å². The number of halogens is 2. The Bertz CT molecular complexity index is 678. The predicted molar refractivity (Wildman–Crippen MR) is 61.4 cm³/mol. The van der Waals surface area contributed by atoms with E-state index in [-0.39, 0.29) is 17.8 Å². The molecule has 0 fully saturated rings. The van der Waals surface area contributed by atoms with Crippen LogP contribution in [0.15, 0.2) is 34.0 Å². The summed E-state index contributed by atoms with van der Waals surface area (Å²) < 4.78 is 26.0. The minimum atomic E-state index is -0.705. The van der Waals surface area contributed by atoms with Gasteiger partial charge in [0.05, 0.1) is 0 Å². The zero-order chi connectivity index (χ0) is 13.1. The van der Waals surface area contributed by atoms with E-state index in [1.807, 2.05) is 4.98 Å². The number of rotatable bonds is 3. The van der Waals surface area contributed by atoms with Gasteiger partial charge in [-0.05, 0) is 6.07 Å². The first-order valence-electron chi connectivity index (χ1n) is 5.06. The average molecular weight is 253 g/mol. The van der Waals surface area contributed by atoms with Gasteiger partial charge in [-0.3, -0.25) is 9.78 Å². The summed E-state index contributed by atoms with van der Waals surface area (Å²) in [6, 6.07) is 3.16. The molecule has 18 heavy (non-hydrogen) atoms. The second-order valence-corrected chi connectivity index (χ2v) is 3.57. The molecule has 2 aromatic rings. The summed E-state index contributed by atoms with van der Waals surface area (Å²) >= 11 is 0. The molecule has 1 aromatic heterocycles. The van der Waals surface area contributed by atoms with Gasteiger partial charge in [-0.25, -0.2) is 13.6 Å². The smallest absolute Gasteiger partial charge is 0.325 e. The number of aromatic amines is 2. The molecule has 0 saturated heterocycles. The third-order valence-corrected chi connectivity index (χ3v) is 2.30. The van der Waals surface area contributed by atoms with Crippen LogP contribution in [0.2, 0.25) is 0 Å². The highest BCUT2D eigenvalue weighted by molar-refractivity contribution is 5.38. The van der Waals surface area contributed by atoms with Crippen LogP contribution in [0.1, 0.15) is 5.56 Å². The fourth-order valence-electron chi connectivity index (χ4n) is 1.40. The Hall–Kier alpha value is -2.44. The van der Waals surface area contributed by atoms with E-state index in [1.54, 1.807) is 0 Å². The van der Waals surface area contributed by atoms with Gasteiger partial charge >= 0.3 is 5.69 Å². The molecule has 7 heteroatoms. The standard InChI is InChI=1S/C11H9F2N3O2/c12-7-2-1-6(8(13)3-7)4-14-9-5-15-11(18)16-10(9)17/h1-3,5,14H,4H2,(H2,15,16,17,18). The molecule has 0 aliphatic carbocycles. The molecule has 2 rings (SSSR count). The lowest BCUT2D eigenvalue weighted by Gasteiger charge is -2.06. The van der Waals surface area contributed by atoms with Crippen molar-refractivity contribution in [1.29, 1.82) is 0 Å². The molecule has 1 heterocycles. The van der Waals surface area contributed by atoms with Crippen LogP contribution in [0.3, 0.4) is 0 Å². The highest BCUT2D eigenvalue weighted by Gasteiger charge is 2.05. The largest absolute Gasteiger partial charge is 0.375 e. The van der Waals surface area contributed by atoms with Crippen LogP contribution in [0, 0.1) is 11.6 Å². The molecule has 0 atom stereocenters. The van der Waals surface area contributed by atoms with E-state index in [9.17, 15) is 18.4 Å². The Morgan fingerprint density at radius 3 is 2.67 bits per heavy atom. The van der Waals surface area contributed by atoms with Gasteiger partial charge in [0.15, 0.2) is 0 Å². The summed E-state index contributed by atoms with van der Waals surface area (Å²) in [5, 5.41) is 2.64. The second kappa shape index (κ2) is 4.82. The monoisotopic (exact) mass is 253 g/mol. The molecule has 0 amide bonds. The Morgan fingerprint density at radius 2 is 2.00 bits per heavy atom. The fraction of sp³-hybridized carbons (Fsp3) is 0.0909. The molecule has 0 saturated carbocycles. The maximum Gasteiger partial charge on any atom is 0.325 e. The highest BCUT2D eigenvalue weighted by atomic mass is 19.1. The first-order valence-corrected chi connectivity index (χ1v) is 5.06. The van der Waals surface area contributed by atoms with Crippen LogP contribution in [0.4, 0.5) is 14.5 Å². The van der Waals surface area contributed by atoms with Crippen LogP contribution < -0.4 is 16.6 Å². The fourth-order valence-corrected chi connectivity index (χ4v) is 1.40. The molecule has 1 aromatic carbocycles. The van der Waals surface area contributed by atoms with Crippen LogP contribution in [-0.2, 0) is 6.54 Å². The van der Waals surface area contributed by atoms with Gasteiger partial charge in [0.1, 0.15) is 17.3 Å². The minimum absolute atomic E-state index is 0.00123. The van der Waals surface area contributed by atoms with E-state index < -0.39 is 22.9 Å². The second-order valence-electron chi connectivity index (χ2n) is 3.57. The number of aromatic nitrogens is 2. The van der Waals surface area contributed by atoms with Gasteiger partial charge in [-0.15, -0.1) is 0 Å². The van der Waals surface area contributed by atoms with Crippen molar-refractivity contribution in [2.24, 2.45) is 0 Å². The first kappa shape index (κ1) is 12.0. The zero-order valence-corrected chi connectivity index (χ0v) is 9.09. The molecule has 0 aliphatic heterocycles. The summed E-state index contributed by atoms with van der Waals surface area (Å²) in [7, 11) is 0. The van der Waals surface area contributed by atoms with Gasteiger partial charge in [0.2, 0.25) is 0 Å². The van der Waals surface area contributed by atoms with Gasteiger partial charge in [-0.1, -0.05) is 6.07 Å². The first-order chi connectivity index (χ1) is 8.56. The number of hydrogen-bond acceptors (Lipinski definition) is 3. The third kappa shape index (κ3) is 2.62. The Balaban J connectivity index is 2.16. The lowest BCUT2D eigenvalue weighted by atomic mass is 10.2. The number of benzene rings is 1. The molecule has 0 spiro atoms. The van der Waals surface area contributed by atoms with Crippen LogP contribution in [-0.4, -0.2) is 9.97 Å². The van der Waals surface area contributed by atoms with Crippen LogP contribution in [0.5, 0.6) is 0 Å². The summed E-state index contributed by atoms with van der Waals surface area (Å²) in [6.45, 7) is 0.00123. The van der Waals surface area contributed by atoms with Crippen molar-refractivity contribution in [2.45, 2.75) is 6.54 Å². The molecule has 0 bridgehead atoms. The SMILES string of the molecule is O=c1[nH]cc(NCc2ccc(F)cc2F)c(=O)[nH]1. The summed E-state index contributed by atoms with van der Waals surface area (Å²) in [4.78, 5) is 26.4. The summed E-state index contributed by atoms with van der Waals surface area (Å²) in [5.41, 5.74) is -0.930. The molecule has 3 N–H and O–H groups in total. The number of nitrogens with one attached hydrogen (secondary N) is 3. The van der Waals surface area contributed by atoms with Gasteiger partial charge in [-0.2, -0.15) is 0 Å². The van der Waals surface area contributed by atoms with E-state index in [1.165, 1.54) is 12.3 Å². The van der Waals surface area contributed by atoms with E-state index in [4.69, 9.17) is 0 Å². The van der Waals surface area contributed by atoms with Crippen LogP contribution >= 0.6 is 0 Å². The lowest BCUT2D eigenvalue weighted by Crippen LogP contribution is -2.24. The van der Waals surface area contributed by atoms with Gasteiger partial charge in [0, 0.05) is 24.4 Å². The van der Waals surface area contributed by atoms with Gasteiger partial charge < -0.3 is 10.3 Å². The molecule has 0 radical (unpaired) electrons. The van der Waals surface area contributed by atoms with E-state index in [2.05, 4.69) is 10.3 Å². The zero-order valence-electron chi connectivity index (χ0n) is 9.09. The van der Waals surface area contributed by atoms with Crippen molar-refractivity contribution >= 4 is 5.69 Å². The van der Waals surface area contributed by atoms with E-state index >= 15 is 0 Å². The van der Waals surface area contributed by atoms with Crippen molar-refractivity contribution in [3.05, 3.63) is 62.4 Å². The maximum absolute atomic E-state index is 13.3. The number of anilines is 1. The quantitative estimate of drug-likeness (QED) is 0.762. The lowest BCUT2D eigenvalue weighted by molar-refractivity contribution is 0.574. The molecule has 94 valence electrons. The third-order valence-electron chi connectivity index (χ3n) is 2.30. The summed E-state index contributed by atoms with van der Waals surface area (Å²) in [6.07, 6.45) is 1.18. The van der Waals surface area contributed by atoms with Crippen molar-refractivity contribution in [1.82, 2.24) is 9.97 Å². The van der Waals surface area contributed by atoms with Crippen molar-refractivity contribution in [2.75, 3.05) is 5.32 Å². The maximum atomic E-state index is 13.3. The highest BCUT2D eigenvalue weighted by Crippen LogP contribution is 2.10. The minimum Gasteiger partial charge on any atom is -0.375 e. The molecule has 0 unspecified atom stereocenters. The Morgan fingerprint density at radius 1 is 1.22 bits per heavy atom. The summed E-state index contributed by atoms with van der Waals surface area (Å²) in [5.74, 6) is -1.37. The van der Waals surface area contributed by atoms with Crippen molar-refractivity contribution in [3.63, 3.8) is 0 Å². The molecular formula is C11H9F2N3O2. The molecule has 5 nitrogen and oxygen atoms in total. The normalized spacial score (nSPS) is 10.3. The van der Waals surface area contributed by atoms with E-state index in [0.29, 0.717) is 0 Å². The van der Waals surface area contributed by atoms with Crippen molar-refractivity contribution < 1.29 is 8.78 Å². The number of H-pyrrole nitrogens is 2. The molecular weight excluding hydrogens is 244 g/mol. The van der Waals surface area contributed by atoms with Crippen LogP contribution in [0.25, 0.3) is 0 Å².